The lowest BCUT2D eigenvalue weighted by atomic mass is 9.96. The Morgan fingerprint density at radius 3 is 2.34 bits per heavy atom. The normalized spacial score (nSPS) is 15.1. The number of hydrogen-bond acceptors (Lipinski definition) is 8. The van der Waals surface area contributed by atoms with Gasteiger partial charge >= 0.3 is 6.09 Å². The second kappa shape index (κ2) is 10.3. The van der Waals surface area contributed by atoms with Gasteiger partial charge in [-0.05, 0) is 57.7 Å². The number of nitrogens with zero attached hydrogens (tertiary/aromatic N) is 5. The molecule has 0 unspecified atom stereocenters. The zero-order chi connectivity index (χ0) is 26.0. The monoisotopic (exact) mass is 507 g/mol. The van der Waals surface area contributed by atoms with Crippen LogP contribution >= 0.6 is 0 Å². The molecule has 0 aliphatic carbocycles. The van der Waals surface area contributed by atoms with Gasteiger partial charge in [0.15, 0.2) is 9.84 Å². The van der Waals surface area contributed by atoms with Gasteiger partial charge in [0.25, 0.3) is 0 Å². The van der Waals surface area contributed by atoms with Gasteiger partial charge in [-0.1, -0.05) is 0 Å². The first-order valence-corrected chi connectivity index (χ1v) is 13.4. The van der Waals surface area contributed by atoms with E-state index in [1.807, 2.05) is 32.7 Å². The van der Waals surface area contributed by atoms with E-state index in [0.29, 0.717) is 30.6 Å². The van der Waals surface area contributed by atoms with Crippen LogP contribution in [0.3, 0.4) is 0 Å². The van der Waals surface area contributed by atoms with Gasteiger partial charge in [-0.15, -0.1) is 0 Å². The average molecular weight is 508 g/mol. The van der Waals surface area contributed by atoms with Gasteiger partial charge in [0, 0.05) is 46.1 Å². The summed E-state index contributed by atoms with van der Waals surface area (Å²) in [5.74, 6) is 0.897. The van der Waals surface area contributed by atoms with Crippen molar-refractivity contribution < 1.29 is 22.3 Å². The fourth-order valence-electron chi connectivity index (χ4n) is 3.95. The van der Waals surface area contributed by atoms with E-state index in [9.17, 15) is 17.6 Å². The average Bonchev–Trinajstić information content (AvgIpc) is 2.77. The number of rotatable bonds is 6. The number of halogens is 1. The molecule has 2 heterocycles. The zero-order valence-corrected chi connectivity index (χ0v) is 22.0. The number of amides is 1. The van der Waals surface area contributed by atoms with E-state index in [2.05, 4.69) is 9.97 Å². The highest BCUT2D eigenvalue weighted by molar-refractivity contribution is 7.90. The smallest absolute Gasteiger partial charge is 0.410 e. The van der Waals surface area contributed by atoms with Crippen LogP contribution in [0.15, 0.2) is 35.5 Å². The molecule has 1 aliphatic heterocycles. The highest BCUT2D eigenvalue weighted by Gasteiger charge is 2.27. The molecule has 35 heavy (non-hydrogen) atoms. The number of benzene rings is 1. The van der Waals surface area contributed by atoms with Crippen molar-refractivity contribution in [1.82, 2.24) is 14.9 Å². The topological polar surface area (TPSA) is 95.9 Å². The Morgan fingerprint density at radius 2 is 1.77 bits per heavy atom. The van der Waals surface area contributed by atoms with Gasteiger partial charge in [-0.2, -0.15) is 0 Å². The summed E-state index contributed by atoms with van der Waals surface area (Å²) < 4.78 is 43.5. The van der Waals surface area contributed by atoms with E-state index < -0.39 is 21.3 Å². The molecule has 0 bridgehead atoms. The summed E-state index contributed by atoms with van der Waals surface area (Å²) in [6, 6.07) is 5.58. The van der Waals surface area contributed by atoms with Crippen LogP contribution in [0.25, 0.3) is 0 Å². The first-order valence-electron chi connectivity index (χ1n) is 11.5. The maximum absolute atomic E-state index is 14.7. The lowest BCUT2D eigenvalue weighted by Gasteiger charge is -2.35. The highest BCUT2D eigenvalue weighted by atomic mass is 32.2. The largest absolute Gasteiger partial charge is 0.444 e. The minimum absolute atomic E-state index is 0.0759. The number of sulfone groups is 1. The maximum Gasteiger partial charge on any atom is 0.410 e. The predicted molar refractivity (Wildman–Crippen MR) is 133 cm³/mol. The Morgan fingerprint density at radius 1 is 1.14 bits per heavy atom. The van der Waals surface area contributed by atoms with Crippen LogP contribution in [0.4, 0.5) is 26.5 Å². The molecule has 0 saturated carbocycles. The predicted octanol–water partition coefficient (Wildman–Crippen LogP) is 3.87. The standard InChI is InChI=1S/C24H34FN5O4S/c1-24(2,3)34-23(31)30-11-9-17(10-12-30)15-28(4)21-14-22(27-16-26-21)29(5)20-8-7-18(13-19(20)25)35(6,32)33/h7-8,13-14,16-17H,9-12,15H2,1-6H3. The van der Waals surface area contributed by atoms with Gasteiger partial charge < -0.3 is 19.4 Å². The minimum atomic E-state index is -3.50. The molecular weight excluding hydrogens is 473 g/mol. The molecule has 1 aromatic heterocycles. The van der Waals surface area contributed by atoms with Gasteiger partial charge in [-0.25, -0.2) is 27.6 Å². The summed E-state index contributed by atoms with van der Waals surface area (Å²) in [6.07, 6.45) is 3.91. The van der Waals surface area contributed by atoms with Crippen molar-refractivity contribution in [3.63, 3.8) is 0 Å². The van der Waals surface area contributed by atoms with Crippen LogP contribution in [0.1, 0.15) is 33.6 Å². The van der Waals surface area contributed by atoms with Crippen molar-refractivity contribution in [3.05, 3.63) is 36.4 Å². The Bertz CT molecular complexity index is 1160. The van der Waals surface area contributed by atoms with Crippen molar-refractivity contribution in [2.75, 3.05) is 49.8 Å². The second-order valence-corrected chi connectivity index (χ2v) is 12.0. The molecule has 0 atom stereocenters. The lowest BCUT2D eigenvalue weighted by Crippen LogP contribution is -2.43. The van der Waals surface area contributed by atoms with Crippen molar-refractivity contribution >= 4 is 33.3 Å². The number of ether oxygens (including phenoxy) is 1. The van der Waals surface area contributed by atoms with E-state index >= 15 is 0 Å². The Balaban J connectivity index is 1.64. The van der Waals surface area contributed by atoms with Gasteiger partial charge in [0.05, 0.1) is 10.6 Å². The maximum atomic E-state index is 14.7. The third-order valence-corrected chi connectivity index (χ3v) is 6.99. The molecule has 2 aromatic rings. The van der Waals surface area contributed by atoms with Crippen LogP contribution in [0.2, 0.25) is 0 Å². The summed E-state index contributed by atoms with van der Waals surface area (Å²) in [4.78, 5) is 26.2. The first-order chi connectivity index (χ1) is 16.2. The van der Waals surface area contributed by atoms with Gasteiger partial charge in [0.2, 0.25) is 0 Å². The summed E-state index contributed by atoms with van der Waals surface area (Å²) in [7, 11) is 0.101. The molecule has 11 heteroatoms. The van der Waals surface area contributed by atoms with Gasteiger partial charge in [-0.3, -0.25) is 0 Å². The summed E-state index contributed by atoms with van der Waals surface area (Å²) >= 11 is 0. The fourth-order valence-corrected chi connectivity index (χ4v) is 4.58. The number of aromatic nitrogens is 2. The van der Waals surface area contributed by atoms with Crippen LogP contribution in [-0.2, 0) is 14.6 Å². The van der Waals surface area contributed by atoms with Crippen molar-refractivity contribution in [2.24, 2.45) is 5.92 Å². The number of carbonyl (C=O) groups excluding carboxylic acids is 1. The molecule has 1 saturated heterocycles. The third kappa shape index (κ3) is 7.03. The van der Waals surface area contributed by atoms with Crippen molar-refractivity contribution in [1.29, 1.82) is 0 Å². The van der Waals surface area contributed by atoms with Crippen LogP contribution in [-0.4, -0.2) is 75.0 Å². The molecule has 192 valence electrons. The van der Waals surface area contributed by atoms with Crippen LogP contribution in [0.5, 0.6) is 0 Å². The lowest BCUT2D eigenvalue weighted by molar-refractivity contribution is 0.0186. The molecule has 1 amide bonds. The van der Waals surface area contributed by atoms with Crippen LogP contribution < -0.4 is 9.80 Å². The SMILES string of the molecule is CN(CC1CCN(C(=O)OC(C)(C)C)CC1)c1cc(N(C)c2ccc(S(C)(=O)=O)cc2F)ncn1. The molecule has 0 radical (unpaired) electrons. The molecule has 9 nitrogen and oxygen atoms in total. The number of anilines is 3. The minimum Gasteiger partial charge on any atom is -0.444 e. The number of carbonyl (C=O) groups is 1. The molecule has 0 spiro atoms. The molecule has 3 rings (SSSR count). The molecule has 0 N–H and O–H groups in total. The summed E-state index contributed by atoms with van der Waals surface area (Å²) in [6.45, 7) is 7.62. The third-order valence-electron chi connectivity index (χ3n) is 5.88. The Kier molecular flexibility index (Phi) is 7.88. The van der Waals surface area contributed by atoms with E-state index in [1.165, 1.54) is 18.5 Å². The first kappa shape index (κ1) is 26.7. The number of piperidine rings is 1. The van der Waals surface area contributed by atoms with E-state index in [1.54, 1.807) is 22.9 Å². The fraction of sp³-hybridized carbons (Fsp3) is 0.542. The highest BCUT2D eigenvalue weighted by Crippen LogP contribution is 2.29. The molecule has 1 aliphatic rings. The zero-order valence-electron chi connectivity index (χ0n) is 21.2. The molecular formula is C24H34FN5O4S. The summed E-state index contributed by atoms with van der Waals surface area (Å²) in [5.41, 5.74) is -0.302. The van der Waals surface area contributed by atoms with Gasteiger partial charge in [0.1, 0.15) is 29.4 Å². The summed E-state index contributed by atoms with van der Waals surface area (Å²) in [5, 5.41) is 0. The van der Waals surface area contributed by atoms with Crippen molar-refractivity contribution in [2.45, 2.75) is 44.1 Å². The number of hydrogen-bond donors (Lipinski definition) is 0. The Labute approximate surface area is 206 Å². The van der Waals surface area contributed by atoms with E-state index in [4.69, 9.17) is 4.74 Å². The second-order valence-electron chi connectivity index (χ2n) is 9.97. The van der Waals surface area contributed by atoms with Crippen molar-refractivity contribution in [3.8, 4) is 0 Å². The van der Waals surface area contributed by atoms with Crippen LogP contribution in [0, 0.1) is 11.7 Å². The molecule has 1 aromatic carbocycles. The van der Waals surface area contributed by atoms with E-state index in [0.717, 1.165) is 31.7 Å². The quantitative estimate of drug-likeness (QED) is 0.582. The number of likely N-dealkylation sites (tertiary alicyclic amines) is 1. The van der Waals surface area contributed by atoms with E-state index in [-0.39, 0.29) is 16.7 Å². The molecule has 1 fully saturated rings. The Hall–Kier alpha value is -2.95.